The van der Waals surface area contributed by atoms with Crippen molar-refractivity contribution in [1.82, 2.24) is 10.3 Å². The van der Waals surface area contributed by atoms with Gasteiger partial charge in [-0.15, -0.1) is 11.3 Å². The van der Waals surface area contributed by atoms with Gasteiger partial charge in [0.05, 0.1) is 21.8 Å². The second kappa shape index (κ2) is 10.6. The minimum atomic E-state index is -1.22. The number of fused-ring (bicyclic) bond motifs is 1. The Labute approximate surface area is 176 Å². The second-order valence-corrected chi connectivity index (χ2v) is 7.29. The van der Waals surface area contributed by atoms with Crippen molar-refractivity contribution in [3.8, 4) is 11.5 Å². The quantitative estimate of drug-likeness (QED) is 0.255. The van der Waals surface area contributed by atoms with Gasteiger partial charge in [0.2, 0.25) is 5.91 Å². The summed E-state index contributed by atoms with van der Waals surface area (Å²) in [7, 11) is 0. The Morgan fingerprint density at radius 2 is 1.90 bits per heavy atom. The van der Waals surface area contributed by atoms with E-state index in [1.54, 1.807) is 11.3 Å². The molecule has 0 saturated heterocycles. The summed E-state index contributed by atoms with van der Waals surface area (Å²) >= 11 is 5.54. The van der Waals surface area contributed by atoms with Crippen molar-refractivity contribution in [2.24, 2.45) is 5.73 Å². The molecule has 2 unspecified atom stereocenters. The average Bonchev–Trinajstić information content (AvgIpc) is 3.18. The van der Waals surface area contributed by atoms with Gasteiger partial charge in [-0.05, 0) is 29.8 Å². The number of hydrogen-bond donors (Lipinski definition) is 6. The lowest BCUT2D eigenvalue weighted by Crippen LogP contribution is -2.50. The summed E-state index contributed by atoms with van der Waals surface area (Å²) in [6.45, 7) is 0. The SMILES string of the molecule is NC(CS)C(=O)NC(Cc1ccc(O)c(O)c1)C(=O)O.c1ccc2scnc2c1. The molecule has 0 spiro atoms. The van der Waals surface area contributed by atoms with Gasteiger partial charge in [0.15, 0.2) is 11.5 Å². The molecule has 154 valence electrons. The van der Waals surface area contributed by atoms with E-state index in [1.165, 1.54) is 22.9 Å². The van der Waals surface area contributed by atoms with E-state index < -0.39 is 24.0 Å². The van der Waals surface area contributed by atoms with Crippen molar-refractivity contribution < 1.29 is 24.9 Å². The highest BCUT2D eigenvalue weighted by Crippen LogP contribution is 2.25. The highest BCUT2D eigenvalue weighted by atomic mass is 32.1. The Hall–Kier alpha value is -2.82. The van der Waals surface area contributed by atoms with Crippen molar-refractivity contribution in [3.05, 3.63) is 53.5 Å². The molecular formula is C19H21N3O5S2. The number of thiazole rings is 1. The number of phenolic OH excluding ortho intramolecular Hbond substituents is 2. The molecule has 29 heavy (non-hydrogen) atoms. The summed E-state index contributed by atoms with van der Waals surface area (Å²) in [6.07, 6.45) is -0.0474. The van der Waals surface area contributed by atoms with E-state index >= 15 is 0 Å². The lowest BCUT2D eigenvalue weighted by molar-refractivity contribution is -0.141. The summed E-state index contributed by atoms with van der Waals surface area (Å²) in [6, 6.07) is 9.98. The molecule has 1 heterocycles. The fourth-order valence-corrected chi connectivity index (χ4v) is 3.14. The lowest BCUT2D eigenvalue weighted by Gasteiger charge is -2.17. The number of nitrogens with zero attached hydrogens (tertiary/aromatic N) is 1. The zero-order valence-electron chi connectivity index (χ0n) is 15.2. The van der Waals surface area contributed by atoms with E-state index in [4.69, 9.17) is 10.8 Å². The third kappa shape index (κ3) is 6.63. The van der Waals surface area contributed by atoms with E-state index in [0.717, 1.165) is 5.52 Å². The molecule has 0 saturated carbocycles. The number of amides is 1. The predicted octanol–water partition coefficient (Wildman–Crippen LogP) is 1.76. The zero-order chi connectivity index (χ0) is 21.4. The van der Waals surface area contributed by atoms with E-state index in [0.29, 0.717) is 5.56 Å². The largest absolute Gasteiger partial charge is 0.504 e. The van der Waals surface area contributed by atoms with Gasteiger partial charge in [-0.25, -0.2) is 9.78 Å². The number of rotatable bonds is 6. The molecule has 6 N–H and O–H groups in total. The van der Waals surface area contributed by atoms with Gasteiger partial charge in [0, 0.05) is 12.2 Å². The Bertz CT molecular complexity index is 949. The van der Waals surface area contributed by atoms with Gasteiger partial charge < -0.3 is 26.4 Å². The molecule has 3 aromatic rings. The molecule has 2 aromatic carbocycles. The molecule has 2 atom stereocenters. The average molecular weight is 436 g/mol. The number of carbonyl (C=O) groups excluding carboxylic acids is 1. The Morgan fingerprint density at radius 3 is 2.52 bits per heavy atom. The van der Waals surface area contributed by atoms with Gasteiger partial charge >= 0.3 is 5.97 Å². The van der Waals surface area contributed by atoms with Crippen LogP contribution in [0.3, 0.4) is 0 Å². The highest BCUT2D eigenvalue weighted by molar-refractivity contribution is 7.80. The molecular weight excluding hydrogens is 414 g/mol. The second-order valence-electron chi connectivity index (χ2n) is 6.04. The van der Waals surface area contributed by atoms with Crippen molar-refractivity contribution in [2.75, 3.05) is 5.75 Å². The zero-order valence-corrected chi connectivity index (χ0v) is 16.9. The number of nitrogens with one attached hydrogen (secondary N) is 1. The number of aromatic nitrogens is 1. The van der Waals surface area contributed by atoms with Crippen molar-refractivity contribution in [1.29, 1.82) is 0 Å². The van der Waals surface area contributed by atoms with Crippen LogP contribution in [0.15, 0.2) is 48.0 Å². The van der Waals surface area contributed by atoms with E-state index in [1.807, 2.05) is 23.7 Å². The van der Waals surface area contributed by atoms with Crippen LogP contribution in [0.4, 0.5) is 0 Å². The number of hydrogen-bond acceptors (Lipinski definition) is 8. The molecule has 10 heteroatoms. The van der Waals surface area contributed by atoms with Crippen LogP contribution < -0.4 is 11.1 Å². The third-order valence-electron chi connectivity index (χ3n) is 3.86. The predicted molar refractivity (Wildman–Crippen MR) is 114 cm³/mol. The van der Waals surface area contributed by atoms with Gasteiger partial charge in [-0.3, -0.25) is 4.79 Å². The molecule has 0 aliphatic heterocycles. The summed E-state index contributed by atoms with van der Waals surface area (Å²) in [4.78, 5) is 26.8. The smallest absolute Gasteiger partial charge is 0.326 e. The number of para-hydroxylation sites is 1. The van der Waals surface area contributed by atoms with Crippen LogP contribution in [0.5, 0.6) is 11.5 Å². The highest BCUT2D eigenvalue weighted by Gasteiger charge is 2.23. The maximum atomic E-state index is 11.6. The Morgan fingerprint density at radius 1 is 1.17 bits per heavy atom. The summed E-state index contributed by atoms with van der Waals surface area (Å²) in [5.41, 5.74) is 8.86. The van der Waals surface area contributed by atoms with Crippen LogP contribution in [-0.4, -0.2) is 50.0 Å². The van der Waals surface area contributed by atoms with Crippen molar-refractivity contribution in [2.45, 2.75) is 18.5 Å². The fourth-order valence-electron chi connectivity index (χ4n) is 2.30. The number of nitrogens with two attached hydrogens (primary N) is 1. The Kier molecular flexibility index (Phi) is 8.25. The molecule has 1 amide bonds. The van der Waals surface area contributed by atoms with Crippen LogP contribution in [0, 0.1) is 0 Å². The van der Waals surface area contributed by atoms with E-state index in [2.05, 4.69) is 29.0 Å². The molecule has 0 fully saturated rings. The lowest BCUT2D eigenvalue weighted by atomic mass is 10.0. The summed E-state index contributed by atoms with van der Waals surface area (Å²) in [5.74, 6) is -2.41. The number of benzene rings is 2. The molecule has 0 bridgehead atoms. The Balaban J connectivity index is 0.000000272. The first kappa shape index (κ1) is 22.5. The number of carbonyl (C=O) groups is 2. The number of carboxylic acid groups (broad SMARTS) is 1. The van der Waals surface area contributed by atoms with Crippen LogP contribution >= 0.6 is 24.0 Å². The maximum Gasteiger partial charge on any atom is 0.326 e. The standard InChI is InChI=1S/C12H16N2O5S.C7H5NS/c13-7(5-20)11(17)14-8(12(18)19)3-6-1-2-9(15)10(16)4-6;1-2-4-7-6(3-1)8-5-9-7/h1-2,4,7-8,15-16,20H,3,5,13H2,(H,14,17)(H,18,19);1-5H. The fraction of sp³-hybridized carbons (Fsp3) is 0.211. The minimum Gasteiger partial charge on any atom is -0.504 e. The molecule has 0 radical (unpaired) electrons. The topological polar surface area (TPSA) is 146 Å². The van der Waals surface area contributed by atoms with Crippen LogP contribution in [0.25, 0.3) is 10.2 Å². The molecule has 8 nitrogen and oxygen atoms in total. The van der Waals surface area contributed by atoms with Crippen LogP contribution in [-0.2, 0) is 16.0 Å². The van der Waals surface area contributed by atoms with Crippen molar-refractivity contribution in [3.63, 3.8) is 0 Å². The normalized spacial score (nSPS) is 12.5. The summed E-state index contributed by atoms with van der Waals surface area (Å²) in [5, 5.41) is 29.9. The van der Waals surface area contributed by atoms with Crippen LogP contribution in [0.1, 0.15) is 5.56 Å². The van der Waals surface area contributed by atoms with Gasteiger partial charge in [-0.2, -0.15) is 12.6 Å². The molecule has 0 aliphatic rings. The monoisotopic (exact) mass is 435 g/mol. The first-order valence-electron chi connectivity index (χ1n) is 8.50. The van der Waals surface area contributed by atoms with E-state index in [9.17, 15) is 19.8 Å². The number of aliphatic carboxylic acids is 1. The van der Waals surface area contributed by atoms with Gasteiger partial charge in [-0.1, -0.05) is 18.2 Å². The third-order valence-corrected chi connectivity index (χ3v) is 5.07. The van der Waals surface area contributed by atoms with E-state index in [-0.39, 0.29) is 23.7 Å². The van der Waals surface area contributed by atoms with Crippen molar-refractivity contribution >= 4 is 46.1 Å². The summed E-state index contributed by atoms with van der Waals surface area (Å²) < 4.78 is 1.26. The number of phenols is 2. The molecule has 3 rings (SSSR count). The van der Waals surface area contributed by atoms with Gasteiger partial charge in [0.25, 0.3) is 0 Å². The number of aromatic hydroxyl groups is 2. The first-order chi connectivity index (χ1) is 13.8. The number of carboxylic acids is 1. The number of thiol groups is 1. The molecule has 1 aromatic heterocycles. The molecule has 0 aliphatic carbocycles. The minimum absolute atomic E-state index is 0.0474. The van der Waals surface area contributed by atoms with Gasteiger partial charge in [0.1, 0.15) is 6.04 Å². The van der Waals surface area contributed by atoms with Crippen LogP contribution in [0.2, 0.25) is 0 Å². The first-order valence-corrected chi connectivity index (χ1v) is 10.0. The maximum absolute atomic E-state index is 11.6.